The number of likely N-dealkylation sites (N-methyl/N-ethyl adjacent to an activating group) is 1. The van der Waals surface area contributed by atoms with Gasteiger partial charge in [-0.05, 0) is 23.7 Å². The third kappa shape index (κ3) is 1.44. The summed E-state index contributed by atoms with van der Waals surface area (Å²) in [5.74, 6) is 0. The Morgan fingerprint density at radius 3 is 3.00 bits per heavy atom. The van der Waals surface area contributed by atoms with Gasteiger partial charge in [-0.25, -0.2) is 0 Å². The molecule has 0 radical (unpaired) electrons. The molecule has 1 aromatic rings. The summed E-state index contributed by atoms with van der Waals surface area (Å²) >= 11 is 6.15. The molecule has 1 aliphatic heterocycles. The Bertz CT molecular complexity index is 338. The molecule has 0 saturated heterocycles. The number of fused-ring (bicyclic) bond motifs is 1. The number of hydrogen-bond acceptors (Lipinski definition) is 2. The summed E-state index contributed by atoms with van der Waals surface area (Å²) in [4.78, 5) is 2.36. The van der Waals surface area contributed by atoms with E-state index in [-0.39, 0.29) is 0 Å². The first kappa shape index (κ1) is 9.97. The SMILES string of the molecule is CCN1Cc2c(Cl)cccc2C1CN. The molecule has 0 aliphatic carbocycles. The molecule has 1 heterocycles. The van der Waals surface area contributed by atoms with Crippen molar-refractivity contribution in [1.29, 1.82) is 0 Å². The van der Waals surface area contributed by atoms with Crippen molar-refractivity contribution in [2.24, 2.45) is 5.73 Å². The zero-order valence-electron chi connectivity index (χ0n) is 8.33. The minimum absolute atomic E-state index is 0.355. The van der Waals surface area contributed by atoms with Gasteiger partial charge in [0, 0.05) is 24.2 Å². The molecule has 14 heavy (non-hydrogen) atoms. The first-order valence-electron chi connectivity index (χ1n) is 4.99. The van der Waals surface area contributed by atoms with Crippen LogP contribution in [0.1, 0.15) is 24.1 Å². The maximum atomic E-state index is 6.15. The van der Waals surface area contributed by atoms with E-state index in [1.165, 1.54) is 11.1 Å². The molecule has 0 fully saturated rings. The predicted molar refractivity (Wildman–Crippen MR) is 59.3 cm³/mol. The summed E-state index contributed by atoms with van der Waals surface area (Å²) in [5, 5.41) is 0.872. The highest BCUT2D eigenvalue weighted by Gasteiger charge is 2.28. The van der Waals surface area contributed by atoms with Gasteiger partial charge in [-0.1, -0.05) is 30.7 Å². The van der Waals surface area contributed by atoms with Gasteiger partial charge in [-0.2, -0.15) is 0 Å². The third-order valence-corrected chi connectivity index (χ3v) is 3.30. The molecule has 0 bridgehead atoms. The van der Waals surface area contributed by atoms with E-state index in [0.717, 1.165) is 18.1 Å². The van der Waals surface area contributed by atoms with Crippen LogP contribution in [-0.4, -0.2) is 18.0 Å². The molecule has 0 amide bonds. The highest BCUT2D eigenvalue weighted by Crippen LogP contribution is 2.36. The summed E-state index contributed by atoms with van der Waals surface area (Å²) < 4.78 is 0. The first-order chi connectivity index (χ1) is 6.77. The van der Waals surface area contributed by atoms with Crippen molar-refractivity contribution in [3.05, 3.63) is 34.3 Å². The number of nitrogens with two attached hydrogens (primary N) is 1. The monoisotopic (exact) mass is 210 g/mol. The van der Waals surface area contributed by atoms with Gasteiger partial charge >= 0.3 is 0 Å². The topological polar surface area (TPSA) is 29.3 Å². The van der Waals surface area contributed by atoms with E-state index < -0.39 is 0 Å². The Morgan fingerprint density at radius 2 is 2.36 bits per heavy atom. The number of rotatable bonds is 2. The van der Waals surface area contributed by atoms with Gasteiger partial charge in [0.15, 0.2) is 0 Å². The lowest BCUT2D eigenvalue weighted by Gasteiger charge is -2.21. The van der Waals surface area contributed by atoms with Crippen LogP contribution in [0.5, 0.6) is 0 Å². The minimum atomic E-state index is 0.355. The maximum Gasteiger partial charge on any atom is 0.0477 e. The Morgan fingerprint density at radius 1 is 1.57 bits per heavy atom. The third-order valence-electron chi connectivity index (χ3n) is 2.95. The molecule has 0 aromatic heterocycles. The van der Waals surface area contributed by atoms with Crippen LogP contribution >= 0.6 is 11.6 Å². The van der Waals surface area contributed by atoms with Gasteiger partial charge in [0.2, 0.25) is 0 Å². The quantitative estimate of drug-likeness (QED) is 0.811. The molecule has 1 aliphatic rings. The highest BCUT2D eigenvalue weighted by molar-refractivity contribution is 6.31. The van der Waals surface area contributed by atoms with Crippen LogP contribution in [0.3, 0.4) is 0 Å². The van der Waals surface area contributed by atoms with Gasteiger partial charge in [0.1, 0.15) is 0 Å². The molecular formula is C11H15ClN2. The number of benzene rings is 1. The lowest BCUT2D eigenvalue weighted by molar-refractivity contribution is 0.232. The maximum absolute atomic E-state index is 6.15. The first-order valence-corrected chi connectivity index (χ1v) is 5.37. The van der Waals surface area contributed by atoms with Gasteiger partial charge in [-0.3, -0.25) is 4.90 Å². The Kier molecular flexibility index (Phi) is 2.77. The summed E-state index contributed by atoms with van der Waals surface area (Å²) in [6, 6.07) is 6.44. The molecule has 0 spiro atoms. The molecule has 1 unspecified atom stereocenters. The van der Waals surface area contributed by atoms with E-state index in [2.05, 4.69) is 17.9 Å². The zero-order valence-corrected chi connectivity index (χ0v) is 9.09. The van der Waals surface area contributed by atoms with Crippen molar-refractivity contribution in [2.75, 3.05) is 13.1 Å². The molecule has 3 heteroatoms. The van der Waals surface area contributed by atoms with Crippen molar-refractivity contribution in [3.8, 4) is 0 Å². The zero-order chi connectivity index (χ0) is 10.1. The van der Waals surface area contributed by atoms with Crippen molar-refractivity contribution >= 4 is 11.6 Å². The van der Waals surface area contributed by atoms with Crippen LogP contribution in [0.2, 0.25) is 5.02 Å². The highest BCUT2D eigenvalue weighted by atomic mass is 35.5. The van der Waals surface area contributed by atoms with Crippen LogP contribution in [-0.2, 0) is 6.54 Å². The molecule has 1 atom stereocenters. The van der Waals surface area contributed by atoms with Crippen molar-refractivity contribution in [3.63, 3.8) is 0 Å². The number of nitrogens with zero attached hydrogens (tertiary/aromatic N) is 1. The number of hydrogen-bond donors (Lipinski definition) is 1. The van der Waals surface area contributed by atoms with E-state index in [9.17, 15) is 0 Å². The Hall–Kier alpha value is -0.570. The van der Waals surface area contributed by atoms with Crippen molar-refractivity contribution in [1.82, 2.24) is 4.90 Å². The van der Waals surface area contributed by atoms with E-state index in [1.54, 1.807) is 0 Å². The molecule has 2 N–H and O–H groups in total. The smallest absolute Gasteiger partial charge is 0.0477 e. The second-order valence-electron chi connectivity index (χ2n) is 3.62. The lowest BCUT2D eigenvalue weighted by atomic mass is 10.1. The second kappa shape index (κ2) is 3.89. The van der Waals surface area contributed by atoms with Gasteiger partial charge < -0.3 is 5.73 Å². The van der Waals surface area contributed by atoms with Crippen LogP contribution in [0.25, 0.3) is 0 Å². The summed E-state index contributed by atoms with van der Waals surface area (Å²) in [5.41, 5.74) is 8.34. The number of halogens is 1. The summed E-state index contributed by atoms with van der Waals surface area (Å²) in [6.45, 7) is 4.78. The largest absolute Gasteiger partial charge is 0.329 e. The summed E-state index contributed by atoms with van der Waals surface area (Å²) in [7, 11) is 0. The molecular weight excluding hydrogens is 196 g/mol. The Balaban J connectivity index is 2.42. The molecule has 76 valence electrons. The van der Waals surface area contributed by atoms with E-state index in [4.69, 9.17) is 17.3 Å². The van der Waals surface area contributed by atoms with Crippen LogP contribution in [0, 0.1) is 0 Å². The van der Waals surface area contributed by atoms with Crippen LogP contribution in [0.15, 0.2) is 18.2 Å². The molecule has 1 aromatic carbocycles. The van der Waals surface area contributed by atoms with Gasteiger partial charge in [-0.15, -0.1) is 0 Å². The normalized spacial score (nSPS) is 21.2. The van der Waals surface area contributed by atoms with Crippen molar-refractivity contribution < 1.29 is 0 Å². The van der Waals surface area contributed by atoms with E-state index in [1.807, 2.05) is 12.1 Å². The molecule has 2 nitrogen and oxygen atoms in total. The summed E-state index contributed by atoms with van der Waals surface area (Å²) in [6.07, 6.45) is 0. The standard InChI is InChI=1S/C11H15ClN2/c1-2-14-7-9-8(11(14)6-13)4-3-5-10(9)12/h3-5,11H,2,6-7,13H2,1H3. The predicted octanol–water partition coefficient (Wildman–Crippen LogP) is 2.18. The second-order valence-corrected chi connectivity index (χ2v) is 4.03. The lowest BCUT2D eigenvalue weighted by Crippen LogP contribution is -2.27. The van der Waals surface area contributed by atoms with E-state index >= 15 is 0 Å². The fraction of sp³-hybridized carbons (Fsp3) is 0.455. The Labute approximate surface area is 89.7 Å². The van der Waals surface area contributed by atoms with Gasteiger partial charge in [0.25, 0.3) is 0 Å². The average molecular weight is 211 g/mol. The van der Waals surface area contributed by atoms with Crippen LogP contribution < -0.4 is 5.73 Å². The average Bonchev–Trinajstić information content (AvgIpc) is 2.57. The van der Waals surface area contributed by atoms with Gasteiger partial charge in [0.05, 0.1) is 0 Å². The van der Waals surface area contributed by atoms with Crippen LogP contribution in [0.4, 0.5) is 0 Å². The molecule has 0 saturated carbocycles. The molecule has 2 rings (SSSR count). The van der Waals surface area contributed by atoms with E-state index in [0.29, 0.717) is 12.6 Å². The minimum Gasteiger partial charge on any atom is -0.329 e. The van der Waals surface area contributed by atoms with Crippen molar-refractivity contribution in [2.45, 2.75) is 19.5 Å². The fourth-order valence-corrected chi connectivity index (χ4v) is 2.41. The fourth-order valence-electron chi connectivity index (χ4n) is 2.17.